The van der Waals surface area contributed by atoms with Gasteiger partial charge in [0.15, 0.2) is 0 Å². The number of amides is 1. The largest absolute Gasteiger partial charge is 0.397 e. The van der Waals surface area contributed by atoms with Gasteiger partial charge in [0.05, 0.1) is 17.1 Å². The SMILES string of the molecule is Cc1nc(SCC(=O)Nc2ccccc2N)n[nH]1. The molecule has 0 radical (unpaired) electrons. The Balaban J connectivity index is 1.88. The second-order valence-electron chi connectivity index (χ2n) is 3.63. The summed E-state index contributed by atoms with van der Waals surface area (Å²) in [7, 11) is 0. The molecule has 0 aliphatic rings. The quantitative estimate of drug-likeness (QED) is 0.572. The van der Waals surface area contributed by atoms with Crippen LogP contribution in [0.1, 0.15) is 5.82 Å². The van der Waals surface area contributed by atoms with Crippen molar-refractivity contribution in [1.82, 2.24) is 15.2 Å². The molecule has 6 nitrogen and oxygen atoms in total. The lowest BCUT2D eigenvalue weighted by atomic mass is 10.3. The Morgan fingerprint density at radius 1 is 1.50 bits per heavy atom. The lowest BCUT2D eigenvalue weighted by Crippen LogP contribution is -2.15. The zero-order chi connectivity index (χ0) is 13.0. The summed E-state index contributed by atoms with van der Waals surface area (Å²) in [6.45, 7) is 1.81. The van der Waals surface area contributed by atoms with Crippen molar-refractivity contribution in [3.05, 3.63) is 30.1 Å². The molecule has 94 valence electrons. The molecular weight excluding hydrogens is 250 g/mol. The van der Waals surface area contributed by atoms with Crippen LogP contribution in [0.3, 0.4) is 0 Å². The molecule has 2 rings (SSSR count). The molecule has 0 aliphatic carbocycles. The van der Waals surface area contributed by atoms with Gasteiger partial charge in [-0.25, -0.2) is 4.98 Å². The zero-order valence-electron chi connectivity index (χ0n) is 9.80. The Morgan fingerprint density at radius 3 is 2.94 bits per heavy atom. The first-order chi connectivity index (χ1) is 8.65. The van der Waals surface area contributed by atoms with Crippen molar-refractivity contribution in [3.63, 3.8) is 0 Å². The van der Waals surface area contributed by atoms with E-state index in [1.54, 1.807) is 12.1 Å². The number of aromatic nitrogens is 3. The van der Waals surface area contributed by atoms with E-state index in [9.17, 15) is 4.79 Å². The highest BCUT2D eigenvalue weighted by Crippen LogP contribution is 2.18. The van der Waals surface area contributed by atoms with Crippen LogP contribution < -0.4 is 11.1 Å². The summed E-state index contributed by atoms with van der Waals surface area (Å²) in [5.74, 6) is 0.830. The number of nitrogens with zero attached hydrogens (tertiary/aromatic N) is 2. The average molecular weight is 263 g/mol. The Kier molecular flexibility index (Phi) is 3.83. The summed E-state index contributed by atoms with van der Waals surface area (Å²) >= 11 is 1.27. The normalized spacial score (nSPS) is 10.3. The second-order valence-corrected chi connectivity index (χ2v) is 4.57. The first kappa shape index (κ1) is 12.4. The zero-order valence-corrected chi connectivity index (χ0v) is 10.6. The predicted octanol–water partition coefficient (Wildman–Crippen LogP) is 1.43. The Labute approximate surface area is 108 Å². The molecule has 0 aliphatic heterocycles. The highest BCUT2D eigenvalue weighted by Gasteiger charge is 2.07. The first-order valence-corrected chi connectivity index (χ1v) is 6.30. The molecule has 0 spiro atoms. The van der Waals surface area contributed by atoms with Gasteiger partial charge in [-0.2, -0.15) is 0 Å². The number of hydrogen-bond donors (Lipinski definition) is 3. The minimum atomic E-state index is -0.139. The van der Waals surface area contributed by atoms with Crippen molar-refractivity contribution in [3.8, 4) is 0 Å². The minimum Gasteiger partial charge on any atom is -0.397 e. The summed E-state index contributed by atoms with van der Waals surface area (Å²) in [5, 5.41) is 9.95. The molecule has 1 heterocycles. The third-order valence-corrected chi connectivity index (χ3v) is 2.99. The van der Waals surface area contributed by atoms with Gasteiger partial charge in [0, 0.05) is 0 Å². The highest BCUT2D eigenvalue weighted by atomic mass is 32.2. The maximum absolute atomic E-state index is 11.7. The lowest BCUT2D eigenvalue weighted by Gasteiger charge is -2.06. The number of rotatable bonds is 4. The molecule has 0 fully saturated rings. The Morgan fingerprint density at radius 2 is 2.28 bits per heavy atom. The van der Waals surface area contributed by atoms with Gasteiger partial charge in [-0.15, -0.1) is 5.10 Å². The van der Waals surface area contributed by atoms with Crippen molar-refractivity contribution in [2.75, 3.05) is 16.8 Å². The molecule has 18 heavy (non-hydrogen) atoms. The van der Waals surface area contributed by atoms with Crippen molar-refractivity contribution < 1.29 is 4.79 Å². The van der Waals surface area contributed by atoms with Gasteiger partial charge in [0.2, 0.25) is 11.1 Å². The third kappa shape index (κ3) is 3.24. The standard InChI is InChI=1S/C11H13N5OS/c1-7-13-11(16-15-7)18-6-10(17)14-9-5-3-2-4-8(9)12/h2-5H,6,12H2,1H3,(H,14,17)(H,13,15,16). The van der Waals surface area contributed by atoms with Gasteiger partial charge in [-0.05, 0) is 19.1 Å². The molecule has 0 atom stereocenters. The second kappa shape index (κ2) is 5.54. The minimum absolute atomic E-state index is 0.139. The number of nitrogens with two attached hydrogens (primary N) is 1. The van der Waals surface area contributed by atoms with Gasteiger partial charge in [0.1, 0.15) is 5.82 Å². The molecule has 1 amide bonds. The maximum Gasteiger partial charge on any atom is 0.234 e. The molecule has 2 aromatic rings. The Bertz CT molecular complexity index is 554. The van der Waals surface area contributed by atoms with Crippen molar-refractivity contribution in [2.45, 2.75) is 12.1 Å². The predicted molar refractivity (Wildman–Crippen MR) is 71.3 cm³/mol. The fourth-order valence-electron chi connectivity index (χ4n) is 1.31. The fraction of sp³-hybridized carbons (Fsp3) is 0.182. The summed E-state index contributed by atoms with van der Waals surface area (Å²) < 4.78 is 0. The number of nitrogen functional groups attached to an aromatic ring is 1. The van der Waals surface area contributed by atoms with Crippen LogP contribution in [-0.2, 0) is 4.79 Å². The van der Waals surface area contributed by atoms with E-state index in [-0.39, 0.29) is 11.7 Å². The fourth-order valence-corrected chi connectivity index (χ4v) is 1.96. The summed E-state index contributed by atoms with van der Waals surface area (Å²) in [5.41, 5.74) is 6.89. The van der Waals surface area contributed by atoms with E-state index in [4.69, 9.17) is 5.73 Å². The molecule has 0 unspecified atom stereocenters. The molecule has 1 aromatic carbocycles. The summed E-state index contributed by atoms with van der Waals surface area (Å²) in [4.78, 5) is 15.8. The number of benzene rings is 1. The van der Waals surface area contributed by atoms with E-state index in [1.165, 1.54) is 11.8 Å². The van der Waals surface area contributed by atoms with Gasteiger partial charge < -0.3 is 11.1 Å². The van der Waals surface area contributed by atoms with E-state index in [0.717, 1.165) is 5.82 Å². The smallest absolute Gasteiger partial charge is 0.234 e. The van der Waals surface area contributed by atoms with Crippen LogP contribution >= 0.6 is 11.8 Å². The molecule has 4 N–H and O–H groups in total. The van der Waals surface area contributed by atoms with E-state index in [1.807, 2.05) is 19.1 Å². The van der Waals surface area contributed by atoms with Crippen molar-refractivity contribution in [2.24, 2.45) is 0 Å². The molecular formula is C11H13N5OS. The molecule has 0 bridgehead atoms. The monoisotopic (exact) mass is 263 g/mol. The number of hydrogen-bond acceptors (Lipinski definition) is 5. The number of H-pyrrole nitrogens is 1. The first-order valence-electron chi connectivity index (χ1n) is 5.31. The molecule has 0 saturated heterocycles. The van der Waals surface area contributed by atoms with Crippen LogP contribution in [0.5, 0.6) is 0 Å². The van der Waals surface area contributed by atoms with E-state index >= 15 is 0 Å². The average Bonchev–Trinajstić information content (AvgIpc) is 2.76. The number of aryl methyl sites for hydroxylation is 1. The van der Waals surface area contributed by atoms with Gasteiger partial charge >= 0.3 is 0 Å². The van der Waals surface area contributed by atoms with Crippen LogP contribution in [-0.4, -0.2) is 26.8 Å². The van der Waals surface area contributed by atoms with E-state index < -0.39 is 0 Å². The molecule has 7 heteroatoms. The number of carbonyl (C=O) groups is 1. The Hall–Kier alpha value is -2.02. The number of anilines is 2. The third-order valence-electron chi connectivity index (χ3n) is 2.14. The maximum atomic E-state index is 11.7. The number of carbonyl (C=O) groups excluding carboxylic acids is 1. The lowest BCUT2D eigenvalue weighted by molar-refractivity contribution is -0.113. The van der Waals surface area contributed by atoms with Crippen LogP contribution in [0.2, 0.25) is 0 Å². The number of aromatic amines is 1. The summed E-state index contributed by atoms with van der Waals surface area (Å²) in [6.07, 6.45) is 0. The topological polar surface area (TPSA) is 96.7 Å². The van der Waals surface area contributed by atoms with Crippen LogP contribution in [0, 0.1) is 6.92 Å². The van der Waals surface area contributed by atoms with Gasteiger partial charge in [-0.3, -0.25) is 9.89 Å². The van der Waals surface area contributed by atoms with Crippen LogP contribution in [0.25, 0.3) is 0 Å². The van der Waals surface area contributed by atoms with Gasteiger partial charge in [0.25, 0.3) is 0 Å². The van der Waals surface area contributed by atoms with Crippen LogP contribution in [0.4, 0.5) is 11.4 Å². The number of para-hydroxylation sites is 2. The number of nitrogens with one attached hydrogen (secondary N) is 2. The van der Waals surface area contributed by atoms with E-state index in [2.05, 4.69) is 20.5 Å². The highest BCUT2D eigenvalue weighted by molar-refractivity contribution is 7.99. The number of thioether (sulfide) groups is 1. The summed E-state index contributed by atoms with van der Waals surface area (Å²) in [6, 6.07) is 7.13. The van der Waals surface area contributed by atoms with Crippen LogP contribution in [0.15, 0.2) is 29.4 Å². The molecule has 1 aromatic heterocycles. The van der Waals surface area contributed by atoms with Crippen molar-refractivity contribution >= 4 is 29.0 Å². The van der Waals surface area contributed by atoms with Gasteiger partial charge in [-0.1, -0.05) is 23.9 Å². The van der Waals surface area contributed by atoms with Crippen molar-refractivity contribution in [1.29, 1.82) is 0 Å². The molecule has 0 saturated carbocycles. The van der Waals surface area contributed by atoms with E-state index in [0.29, 0.717) is 16.5 Å².